The standard InChI is InChI=1S/C9H11ClFNO3S/c10-8-6-7(11)2-3-9(8)15-4-1-5-16(12,13)14/h2-3,6H,1,4-5H2,(H2,12,13,14). The van der Waals surface area contributed by atoms with Crippen molar-refractivity contribution in [3.63, 3.8) is 0 Å². The molecule has 0 aliphatic rings. The van der Waals surface area contributed by atoms with Gasteiger partial charge < -0.3 is 4.74 Å². The zero-order valence-electron chi connectivity index (χ0n) is 8.32. The van der Waals surface area contributed by atoms with E-state index in [0.717, 1.165) is 6.07 Å². The SMILES string of the molecule is NS(=O)(=O)CCCOc1ccc(F)cc1Cl. The molecule has 0 aliphatic heterocycles. The molecule has 0 aliphatic carbocycles. The molecular formula is C9H11ClFNO3S. The lowest BCUT2D eigenvalue weighted by Crippen LogP contribution is -2.18. The molecule has 0 aromatic heterocycles. The first-order valence-electron chi connectivity index (χ1n) is 4.47. The molecule has 7 heteroatoms. The van der Waals surface area contributed by atoms with E-state index < -0.39 is 15.8 Å². The molecule has 0 amide bonds. The number of primary sulfonamides is 1. The third kappa shape index (κ3) is 4.78. The van der Waals surface area contributed by atoms with E-state index in [-0.39, 0.29) is 23.8 Å². The number of halogens is 2. The first kappa shape index (κ1) is 13.2. The van der Waals surface area contributed by atoms with Gasteiger partial charge in [-0.25, -0.2) is 17.9 Å². The van der Waals surface area contributed by atoms with Crippen LogP contribution in [0.25, 0.3) is 0 Å². The third-order valence-corrected chi connectivity index (χ3v) is 2.88. The molecule has 0 bridgehead atoms. The van der Waals surface area contributed by atoms with Crippen molar-refractivity contribution in [3.05, 3.63) is 29.0 Å². The maximum absolute atomic E-state index is 12.7. The van der Waals surface area contributed by atoms with E-state index in [1.165, 1.54) is 12.1 Å². The fourth-order valence-electron chi connectivity index (χ4n) is 1.03. The highest BCUT2D eigenvalue weighted by Gasteiger charge is 2.05. The third-order valence-electron chi connectivity index (χ3n) is 1.72. The molecule has 0 spiro atoms. The quantitative estimate of drug-likeness (QED) is 0.823. The Bertz CT molecular complexity index is 464. The predicted molar refractivity (Wildman–Crippen MR) is 59.5 cm³/mol. The van der Waals surface area contributed by atoms with Crippen molar-refractivity contribution in [2.45, 2.75) is 6.42 Å². The van der Waals surface area contributed by atoms with Crippen molar-refractivity contribution in [3.8, 4) is 5.75 Å². The van der Waals surface area contributed by atoms with Crippen molar-refractivity contribution >= 4 is 21.6 Å². The number of ether oxygens (including phenoxy) is 1. The summed E-state index contributed by atoms with van der Waals surface area (Å²) in [6.07, 6.45) is 0.256. The van der Waals surface area contributed by atoms with Crippen molar-refractivity contribution in [2.75, 3.05) is 12.4 Å². The van der Waals surface area contributed by atoms with Crippen LogP contribution in [0.4, 0.5) is 4.39 Å². The van der Waals surface area contributed by atoms with Gasteiger partial charge in [0.2, 0.25) is 10.0 Å². The molecular weight excluding hydrogens is 257 g/mol. The molecule has 2 N–H and O–H groups in total. The smallest absolute Gasteiger partial charge is 0.209 e. The number of sulfonamides is 1. The van der Waals surface area contributed by atoms with Gasteiger partial charge in [-0.05, 0) is 24.6 Å². The van der Waals surface area contributed by atoms with Crippen LogP contribution in [0.5, 0.6) is 5.75 Å². The van der Waals surface area contributed by atoms with Crippen molar-refractivity contribution in [2.24, 2.45) is 5.14 Å². The van der Waals surface area contributed by atoms with Gasteiger partial charge in [-0.2, -0.15) is 0 Å². The number of nitrogens with two attached hydrogens (primary N) is 1. The Kier molecular flexibility index (Phi) is 4.52. The molecule has 0 heterocycles. The fourth-order valence-corrected chi connectivity index (χ4v) is 1.78. The maximum atomic E-state index is 12.7. The topological polar surface area (TPSA) is 69.4 Å². The first-order chi connectivity index (χ1) is 7.38. The molecule has 0 unspecified atom stereocenters. The lowest BCUT2D eigenvalue weighted by atomic mass is 10.3. The van der Waals surface area contributed by atoms with E-state index in [4.69, 9.17) is 21.5 Å². The second-order valence-electron chi connectivity index (χ2n) is 3.14. The Morgan fingerprint density at radius 2 is 2.12 bits per heavy atom. The Labute approximate surface area is 98.2 Å². The molecule has 0 fully saturated rings. The summed E-state index contributed by atoms with van der Waals surface area (Å²) in [4.78, 5) is 0. The number of hydrogen-bond donors (Lipinski definition) is 1. The van der Waals surface area contributed by atoms with Crippen LogP contribution in [-0.4, -0.2) is 20.8 Å². The highest BCUT2D eigenvalue weighted by Crippen LogP contribution is 2.24. The lowest BCUT2D eigenvalue weighted by Gasteiger charge is -2.07. The van der Waals surface area contributed by atoms with Gasteiger partial charge >= 0.3 is 0 Å². The van der Waals surface area contributed by atoms with Crippen LogP contribution in [0, 0.1) is 5.82 Å². The maximum Gasteiger partial charge on any atom is 0.209 e. The van der Waals surface area contributed by atoms with Crippen LogP contribution >= 0.6 is 11.6 Å². The molecule has 0 saturated carbocycles. The Morgan fingerprint density at radius 3 is 2.69 bits per heavy atom. The molecule has 1 aromatic rings. The summed E-state index contributed by atoms with van der Waals surface area (Å²) in [5.74, 6) is -0.300. The Balaban J connectivity index is 2.43. The van der Waals surface area contributed by atoms with E-state index in [9.17, 15) is 12.8 Å². The summed E-state index contributed by atoms with van der Waals surface area (Å²) in [6, 6.07) is 3.71. The van der Waals surface area contributed by atoms with Crippen LogP contribution in [0.15, 0.2) is 18.2 Å². The monoisotopic (exact) mass is 267 g/mol. The summed E-state index contributed by atoms with van der Waals surface area (Å²) >= 11 is 5.69. The average Bonchev–Trinajstić information content (AvgIpc) is 2.13. The number of rotatable bonds is 5. The fraction of sp³-hybridized carbons (Fsp3) is 0.333. The molecule has 16 heavy (non-hydrogen) atoms. The summed E-state index contributed by atoms with van der Waals surface area (Å²) in [5, 5.41) is 4.95. The number of hydrogen-bond acceptors (Lipinski definition) is 3. The second kappa shape index (κ2) is 5.47. The van der Waals surface area contributed by atoms with Crippen LogP contribution in [0.2, 0.25) is 5.02 Å². The highest BCUT2D eigenvalue weighted by molar-refractivity contribution is 7.89. The molecule has 0 saturated heterocycles. The summed E-state index contributed by atoms with van der Waals surface area (Å²) < 4.78 is 39.0. The average molecular weight is 268 g/mol. The zero-order chi connectivity index (χ0) is 12.2. The van der Waals surface area contributed by atoms with E-state index in [1.807, 2.05) is 0 Å². The molecule has 1 aromatic carbocycles. The van der Waals surface area contributed by atoms with Crippen molar-refractivity contribution in [1.82, 2.24) is 0 Å². The van der Waals surface area contributed by atoms with Gasteiger partial charge in [0, 0.05) is 0 Å². The Hall–Kier alpha value is -0.850. The van der Waals surface area contributed by atoms with Gasteiger partial charge in [-0.3, -0.25) is 0 Å². The van der Waals surface area contributed by atoms with Crippen LogP contribution in [0.3, 0.4) is 0 Å². The van der Waals surface area contributed by atoms with Crippen LogP contribution in [0.1, 0.15) is 6.42 Å². The van der Waals surface area contributed by atoms with Gasteiger partial charge in [-0.1, -0.05) is 11.6 Å². The molecule has 1 rings (SSSR count). The second-order valence-corrected chi connectivity index (χ2v) is 5.28. The van der Waals surface area contributed by atoms with Gasteiger partial charge in [-0.15, -0.1) is 0 Å². The number of benzene rings is 1. The minimum absolute atomic E-state index is 0.149. The van der Waals surface area contributed by atoms with Gasteiger partial charge in [0.05, 0.1) is 17.4 Å². The minimum atomic E-state index is -3.47. The highest BCUT2D eigenvalue weighted by atomic mass is 35.5. The van der Waals surface area contributed by atoms with Gasteiger partial charge in [0.1, 0.15) is 11.6 Å². The van der Waals surface area contributed by atoms with Crippen molar-refractivity contribution in [1.29, 1.82) is 0 Å². The zero-order valence-corrected chi connectivity index (χ0v) is 9.89. The van der Waals surface area contributed by atoms with Crippen LogP contribution in [-0.2, 0) is 10.0 Å². The molecule has 0 atom stereocenters. The van der Waals surface area contributed by atoms with Gasteiger partial charge in [0.15, 0.2) is 0 Å². The molecule has 90 valence electrons. The van der Waals surface area contributed by atoms with E-state index in [0.29, 0.717) is 5.75 Å². The van der Waals surface area contributed by atoms with Crippen LogP contribution < -0.4 is 9.88 Å². The van der Waals surface area contributed by atoms with E-state index >= 15 is 0 Å². The summed E-state index contributed by atoms with van der Waals surface area (Å²) in [7, 11) is -3.47. The molecule has 4 nitrogen and oxygen atoms in total. The minimum Gasteiger partial charge on any atom is -0.492 e. The normalized spacial score (nSPS) is 11.4. The van der Waals surface area contributed by atoms with Gasteiger partial charge in [0.25, 0.3) is 0 Å². The Morgan fingerprint density at radius 1 is 1.44 bits per heavy atom. The summed E-state index contributed by atoms with van der Waals surface area (Å²) in [6.45, 7) is 0.155. The lowest BCUT2D eigenvalue weighted by molar-refractivity contribution is 0.317. The van der Waals surface area contributed by atoms with E-state index in [2.05, 4.69) is 0 Å². The van der Waals surface area contributed by atoms with Crippen molar-refractivity contribution < 1.29 is 17.5 Å². The largest absolute Gasteiger partial charge is 0.492 e. The predicted octanol–water partition coefficient (Wildman–Crippen LogP) is 1.54. The molecule has 0 radical (unpaired) electrons. The summed E-state index contributed by atoms with van der Waals surface area (Å²) in [5.41, 5.74) is 0. The van der Waals surface area contributed by atoms with E-state index in [1.54, 1.807) is 0 Å². The first-order valence-corrected chi connectivity index (χ1v) is 6.56.